The Hall–Kier alpha value is -1.34. The maximum absolute atomic E-state index is 5.48. The molecule has 0 amide bonds. The first-order chi connectivity index (χ1) is 8.60. The molecule has 0 aliphatic heterocycles. The van der Waals surface area contributed by atoms with Crippen molar-refractivity contribution in [2.45, 2.75) is 0 Å². The van der Waals surface area contributed by atoms with Gasteiger partial charge in [-0.3, -0.25) is 0 Å². The summed E-state index contributed by atoms with van der Waals surface area (Å²) in [4.78, 5) is 8.08. The number of aromatic nitrogens is 2. The van der Waals surface area contributed by atoms with Crippen LogP contribution in [0.25, 0.3) is 0 Å². The van der Waals surface area contributed by atoms with Gasteiger partial charge in [0.2, 0.25) is 0 Å². The van der Waals surface area contributed by atoms with Crippen LogP contribution < -0.4 is 15.8 Å². The summed E-state index contributed by atoms with van der Waals surface area (Å²) >= 11 is 6.87. The SMILES string of the molecule is COc1cc(Nc2cnc(N)cn2)c(Br)cc1Br. The fraction of sp³-hybridized carbons (Fsp3) is 0.0909. The zero-order chi connectivity index (χ0) is 13.1. The third kappa shape index (κ3) is 2.91. The van der Waals surface area contributed by atoms with Gasteiger partial charge >= 0.3 is 0 Å². The molecule has 18 heavy (non-hydrogen) atoms. The van der Waals surface area contributed by atoms with Crippen molar-refractivity contribution in [1.82, 2.24) is 9.97 Å². The van der Waals surface area contributed by atoms with Crippen LogP contribution in [0.3, 0.4) is 0 Å². The van der Waals surface area contributed by atoms with Gasteiger partial charge in [-0.05, 0) is 37.9 Å². The van der Waals surface area contributed by atoms with E-state index in [1.54, 1.807) is 13.3 Å². The highest BCUT2D eigenvalue weighted by Gasteiger charge is 2.08. The fourth-order valence-corrected chi connectivity index (χ4v) is 2.58. The van der Waals surface area contributed by atoms with Crippen molar-refractivity contribution in [3.63, 3.8) is 0 Å². The number of nitrogens with one attached hydrogen (secondary N) is 1. The van der Waals surface area contributed by atoms with Crippen LogP contribution in [0.4, 0.5) is 17.3 Å². The fourth-order valence-electron chi connectivity index (χ4n) is 1.32. The molecule has 1 aromatic carbocycles. The lowest BCUT2D eigenvalue weighted by Gasteiger charge is -2.11. The Morgan fingerprint density at radius 1 is 1.17 bits per heavy atom. The van der Waals surface area contributed by atoms with Crippen LogP contribution in [0.5, 0.6) is 5.75 Å². The number of methoxy groups -OCH3 is 1. The van der Waals surface area contributed by atoms with Gasteiger partial charge in [0.25, 0.3) is 0 Å². The minimum Gasteiger partial charge on any atom is -0.495 e. The number of ether oxygens (including phenoxy) is 1. The molecule has 1 heterocycles. The van der Waals surface area contributed by atoms with E-state index in [0.29, 0.717) is 11.6 Å². The minimum atomic E-state index is 0.382. The molecule has 0 spiro atoms. The Balaban J connectivity index is 2.31. The predicted molar refractivity (Wildman–Crippen MR) is 78.1 cm³/mol. The third-order valence-corrected chi connectivity index (χ3v) is 3.45. The predicted octanol–water partition coefficient (Wildman–Crippen LogP) is 3.34. The summed E-state index contributed by atoms with van der Waals surface area (Å²) in [6.07, 6.45) is 3.06. The van der Waals surface area contributed by atoms with Gasteiger partial charge in [-0.25, -0.2) is 9.97 Å². The summed E-state index contributed by atoms with van der Waals surface area (Å²) < 4.78 is 6.98. The monoisotopic (exact) mass is 372 g/mol. The number of benzene rings is 1. The second-order valence-electron chi connectivity index (χ2n) is 3.42. The largest absolute Gasteiger partial charge is 0.495 e. The Kier molecular flexibility index (Phi) is 4.03. The normalized spacial score (nSPS) is 10.2. The van der Waals surface area contributed by atoms with Crippen LogP contribution in [0.2, 0.25) is 0 Å². The Labute approximate surface area is 121 Å². The number of halogens is 2. The summed E-state index contributed by atoms with van der Waals surface area (Å²) in [7, 11) is 1.61. The Morgan fingerprint density at radius 3 is 2.56 bits per heavy atom. The van der Waals surface area contributed by atoms with Gasteiger partial charge in [0.05, 0.1) is 29.7 Å². The topological polar surface area (TPSA) is 73.1 Å². The molecule has 0 atom stereocenters. The quantitative estimate of drug-likeness (QED) is 0.863. The van der Waals surface area contributed by atoms with Crippen LogP contribution in [0.1, 0.15) is 0 Å². The molecule has 94 valence electrons. The number of rotatable bonds is 3. The van der Waals surface area contributed by atoms with E-state index >= 15 is 0 Å². The molecule has 1 aromatic heterocycles. The second-order valence-corrected chi connectivity index (χ2v) is 5.13. The van der Waals surface area contributed by atoms with Gasteiger partial charge in [-0.1, -0.05) is 0 Å². The molecule has 2 aromatic rings. The second kappa shape index (κ2) is 5.53. The van der Waals surface area contributed by atoms with Gasteiger partial charge < -0.3 is 15.8 Å². The zero-order valence-corrected chi connectivity index (χ0v) is 12.6. The molecule has 7 heteroatoms. The maximum Gasteiger partial charge on any atom is 0.149 e. The Bertz CT molecular complexity index is 560. The average Bonchev–Trinajstić information content (AvgIpc) is 2.35. The Morgan fingerprint density at radius 2 is 1.94 bits per heavy atom. The van der Waals surface area contributed by atoms with Crippen molar-refractivity contribution in [3.8, 4) is 5.75 Å². The molecule has 0 aliphatic carbocycles. The van der Waals surface area contributed by atoms with Crippen molar-refractivity contribution < 1.29 is 4.74 Å². The molecule has 0 bridgehead atoms. The zero-order valence-electron chi connectivity index (χ0n) is 9.45. The van der Waals surface area contributed by atoms with Crippen molar-refractivity contribution in [3.05, 3.63) is 33.5 Å². The van der Waals surface area contributed by atoms with Crippen molar-refractivity contribution in [2.24, 2.45) is 0 Å². The van der Waals surface area contributed by atoms with E-state index in [1.165, 1.54) is 6.20 Å². The van der Waals surface area contributed by atoms with Crippen molar-refractivity contribution in [1.29, 1.82) is 0 Å². The van der Waals surface area contributed by atoms with Crippen LogP contribution >= 0.6 is 31.9 Å². The highest BCUT2D eigenvalue weighted by atomic mass is 79.9. The van der Waals surface area contributed by atoms with E-state index in [1.807, 2.05) is 12.1 Å². The van der Waals surface area contributed by atoms with Gasteiger partial charge in [-0.15, -0.1) is 0 Å². The molecular weight excluding hydrogens is 364 g/mol. The van der Waals surface area contributed by atoms with E-state index < -0.39 is 0 Å². The summed E-state index contributed by atoms with van der Waals surface area (Å²) in [6, 6.07) is 3.75. The molecule has 0 fully saturated rings. The number of nitrogen functional groups attached to an aromatic ring is 1. The number of nitrogens with zero attached hydrogens (tertiary/aromatic N) is 2. The molecule has 0 saturated carbocycles. The van der Waals surface area contributed by atoms with E-state index in [-0.39, 0.29) is 0 Å². The van der Waals surface area contributed by atoms with Gasteiger partial charge in [0, 0.05) is 10.5 Å². The van der Waals surface area contributed by atoms with E-state index in [4.69, 9.17) is 10.5 Å². The first-order valence-electron chi connectivity index (χ1n) is 4.97. The standard InChI is InChI=1S/C11H10Br2N4O/c1-18-9-3-8(6(12)2-7(9)13)17-11-5-15-10(14)4-16-11/h2-5H,1H3,(H2,14,15)(H,16,17). The third-order valence-electron chi connectivity index (χ3n) is 2.18. The summed E-state index contributed by atoms with van der Waals surface area (Å²) in [5.74, 6) is 1.71. The van der Waals surface area contributed by atoms with Crippen molar-refractivity contribution in [2.75, 3.05) is 18.2 Å². The number of anilines is 3. The summed E-state index contributed by atoms with van der Waals surface area (Å²) in [5.41, 5.74) is 6.31. The van der Waals surface area contributed by atoms with E-state index in [9.17, 15) is 0 Å². The lowest BCUT2D eigenvalue weighted by Crippen LogP contribution is -1.98. The van der Waals surface area contributed by atoms with Gasteiger partial charge in [0.1, 0.15) is 17.4 Å². The lowest BCUT2D eigenvalue weighted by molar-refractivity contribution is 0.412. The van der Waals surface area contributed by atoms with Crippen LogP contribution in [0, 0.1) is 0 Å². The molecule has 3 N–H and O–H groups in total. The van der Waals surface area contributed by atoms with Crippen molar-refractivity contribution >= 4 is 49.2 Å². The number of nitrogens with two attached hydrogens (primary N) is 1. The smallest absolute Gasteiger partial charge is 0.149 e. The molecule has 0 aliphatic rings. The highest BCUT2D eigenvalue weighted by molar-refractivity contribution is 9.11. The number of hydrogen-bond donors (Lipinski definition) is 2. The maximum atomic E-state index is 5.48. The van der Waals surface area contributed by atoms with E-state index in [2.05, 4.69) is 47.1 Å². The molecule has 5 nitrogen and oxygen atoms in total. The first-order valence-corrected chi connectivity index (χ1v) is 6.56. The average molecular weight is 374 g/mol. The van der Waals surface area contributed by atoms with Crippen LogP contribution in [0.15, 0.2) is 33.5 Å². The highest BCUT2D eigenvalue weighted by Crippen LogP contribution is 2.35. The summed E-state index contributed by atoms with van der Waals surface area (Å²) in [6.45, 7) is 0. The van der Waals surface area contributed by atoms with Gasteiger partial charge in [0.15, 0.2) is 0 Å². The molecular formula is C11H10Br2N4O. The number of hydrogen-bond acceptors (Lipinski definition) is 5. The molecule has 0 unspecified atom stereocenters. The van der Waals surface area contributed by atoms with Crippen LogP contribution in [-0.4, -0.2) is 17.1 Å². The minimum absolute atomic E-state index is 0.382. The summed E-state index contributed by atoms with van der Waals surface area (Å²) in [5, 5.41) is 3.12. The lowest BCUT2D eigenvalue weighted by atomic mass is 10.3. The molecule has 2 rings (SSSR count). The molecule has 0 saturated heterocycles. The van der Waals surface area contributed by atoms with Gasteiger partial charge in [-0.2, -0.15) is 0 Å². The first kappa shape index (κ1) is 13.1. The van der Waals surface area contributed by atoms with E-state index in [0.717, 1.165) is 20.4 Å². The molecule has 0 radical (unpaired) electrons. The van der Waals surface area contributed by atoms with Crippen LogP contribution in [-0.2, 0) is 0 Å².